The van der Waals surface area contributed by atoms with E-state index in [-0.39, 0.29) is 24.1 Å². The number of piperidine rings is 1. The van der Waals surface area contributed by atoms with Gasteiger partial charge < -0.3 is 10.0 Å². The van der Waals surface area contributed by atoms with E-state index in [4.69, 9.17) is 0 Å². The van der Waals surface area contributed by atoms with Gasteiger partial charge in [0, 0.05) is 37.5 Å². The van der Waals surface area contributed by atoms with Crippen LogP contribution in [0.5, 0.6) is 0 Å². The molecule has 1 atom stereocenters. The molecule has 1 aliphatic heterocycles. The van der Waals surface area contributed by atoms with E-state index in [9.17, 15) is 14.7 Å². The van der Waals surface area contributed by atoms with Crippen LogP contribution in [-0.2, 0) is 11.3 Å². The number of hydrogen-bond acceptors (Lipinski definition) is 7. The zero-order valence-electron chi connectivity index (χ0n) is 18.9. The van der Waals surface area contributed by atoms with Gasteiger partial charge in [-0.25, -0.2) is 4.98 Å². The van der Waals surface area contributed by atoms with E-state index in [1.54, 1.807) is 15.8 Å². The molecule has 10 heteroatoms. The maximum atomic E-state index is 13.1. The lowest BCUT2D eigenvalue weighted by molar-refractivity contribution is -0.136. The molecule has 0 saturated carbocycles. The predicted molar refractivity (Wildman–Crippen MR) is 129 cm³/mol. The van der Waals surface area contributed by atoms with E-state index < -0.39 is 5.60 Å². The third-order valence-electron chi connectivity index (χ3n) is 6.45. The van der Waals surface area contributed by atoms with E-state index >= 15 is 0 Å². The fourth-order valence-corrected chi connectivity index (χ4v) is 5.22. The first-order valence-corrected chi connectivity index (χ1v) is 12.1. The van der Waals surface area contributed by atoms with Crippen molar-refractivity contribution in [3.63, 3.8) is 0 Å². The fourth-order valence-electron chi connectivity index (χ4n) is 4.42. The van der Waals surface area contributed by atoms with Crippen molar-refractivity contribution in [1.29, 1.82) is 0 Å². The summed E-state index contributed by atoms with van der Waals surface area (Å²) in [5.74, 6) is 0.0448. The Hall–Kier alpha value is -3.37. The molecule has 4 aromatic rings. The van der Waals surface area contributed by atoms with Crippen molar-refractivity contribution >= 4 is 27.7 Å². The Kier molecular flexibility index (Phi) is 6.01. The summed E-state index contributed by atoms with van der Waals surface area (Å²) in [5.41, 5.74) is 0.910. The highest BCUT2D eigenvalue weighted by Crippen LogP contribution is 2.28. The molecule has 9 nitrogen and oxygen atoms in total. The Morgan fingerprint density at radius 2 is 1.97 bits per heavy atom. The summed E-state index contributed by atoms with van der Waals surface area (Å²) >= 11 is 1.13. The summed E-state index contributed by atoms with van der Waals surface area (Å²) in [6, 6.07) is 11.5. The first-order valence-electron chi connectivity index (χ1n) is 11.3. The molecule has 0 unspecified atom stereocenters. The minimum absolute atomic E-state index is 0.0279. The largest absolute Gasteiger partial charge is 0.388 e. The quantitative estimate of drug-likeness (QED) is 0.457. The van der Waals surface area contributed by atoms with Crippen molar-refractivity contribution in [2.75, 3.05) is 13.1 Å². The number of aromatic nitrogens is 5. The van der Waals surface area contributed by atoms with Crippen LogP contribution in [0.1, 0.15) is 32.2 Å². The topological polar surface area (TPSA) is 106 Å². The average molecular weight is 479 g/mol. The van der Waals surface area contributed by atoms with Crippen LogP contribution in [0.4, 0.5) is 0 Å². The van der Waals surface area contributed by atoms with Crippen LogP contribution in [0.2, 0.25) is 0 Å². The Morgan fingerprint density at radius 1 is 1.21 bits per heavy atom. The number of hydrogen-bond donors (Lipinski definition) is 1. The summed E-state index contributed by atoms with van der Waals surface area (Å²) in [4.78, 5) is 32.1. The summed E-state index contributed by atoms with van der Waals surface area (Å²) in [7, 11) is 0. The average Bonchev–Trinajstić information content (AvgIpc) is 3.53. The van der Waals surface area contributed by atoms with Crippen LogP contribution in [0.3, 0.4) is 0 Å². The van der Waals surface area contributed by atoms with E-state index in [1.807, 2.05) is 49.5 Å². The van der Waals surface area contributed by atoms with E-state index in [2.05, 4.69) is 14.5 Å². The number of fused-ring (bicyclic) bond motifs is 1. The molecule has 4 heterocycles. The van der Waals surface area contributed by atoms with Gasteiger partial charge in [-0.1, -0.05) is 30.3 Å². The Bertz CT molecular complexity index is 1340. The molecular weight excluding hydrogens is 452 g/mol. The second-order valence-corrected chi connectivity index (χ2v) is 9.67. The van der Waals surface area contributed by atoms with Gasteiger partial charge in [0.05, 0.1) is 24.5 Å². The molecule has 176 valence electrons. The number of amides is 1. The van der Waals surface area contributed by atoms with Gasteiger partial charge in [-0.05, 0) is 37.4 Å². The maximum Gasteiger partial charge on any atom is 0.273 e. The zero-order chi connectivity index (χ0) is 23.7. The number of aliphatic hydroxyl groups is 1. The normalized spacial score (nSPS) is 16.6. The van der Waals surface area contributed by atoms with Gasteiger partial charge in [-0.2, -0.15) is 9.47 Å². The van der Waals surface area contributed by atoms with Gasteiger partial charge in [0.15, 0.2) is 0 Å². The second kappa shape index (κ2) is 9.11. The molecular formula is C24H26N6O3S. The van der Waals surface area contributed by atoms with Crippen molar-refractivity contribution in [2.24, 2.45) is 0 Å². The van der Waals surface area contributed by atoms with Crippen molar-refractivity contribution in [2.45, 2.75) is 44.4 Å². The lowest BCUT2D eigenvalue weighted by Crippen LogP contribution is -2.49. The molecule has 5 rings (SSSR count). The molecule has 0 aliphatic carbocycles. The standard InChI is InChI=1S/C24H26N6O3S/c1-17(30-11-5-10-26-30)14-19(31)28-12-8-24(33,9-13-28)15-29-16-25-21-20(18-6-3-2-4-7-18)27-34-22(21)23(29)32/h2-7,10-11,16-17,33H,8-9,12-15H2,1H3/t17-/m0/s1. The van der Waals surface area contributed by atoms with Gasteiger partial charge in [0.25, 0.3) is 5.56 Å². The number of likely N-dealkylation sites (tertiary alicyclic amines) is 1. The van der Waals surface area contributed by atoms with Crippen LogP contribution in [0.15, 0.2) is 59.9 Å². The molecule has 1 aliphatic rings. The van der Waals surface area contributed by atoms with Crippen molar-refractivity contribution < 1.29 is 9.90 Å². The van der Waals surface area contributed by atoms with E-state index in [0.29, 0.717) is 48.3 Å². The lowest BCUT2D eigenvalue weighted by Gasteiger charge is -2.38. The van der Waals surface area contributed by atoms with Crippen LogP contribution >= 0.6 is 11.5 Å². The van der Waals surface area contributed by atoms with Gasteiger partial charge >= 0.3 is 0 Å². The Morgan fingerprint density at radius 3 is 2.68 bits per heavy atom. The highest BCUT2D eigenvalue weighted by molar-refractivity contribution is 7.13. The summed E-state index contributed by atoms with van der Waals surface area (Å²) < 4.78 is 8.17. The van der Waals surface area contributed by atoms with Gasteiger partial charge in [-0.15, -0.1) is 0 Å². The molecule has 1 N–H and O–H groups in total. The van der Waals surface area contributed by atoms with Crippen LogP contribution in [-0.4, -0.2) is 58.3 Å². The molecule has 1 fully saturated rings. The van der Waals surface area contributed by atoms with Gasteiger partial charge in [0.1, 0.15) is 15.9 Å². The van der Waals surface area contributed by atoms with Crippen molar-refractivity contribution in [3.05, 3.63) is 65.5 Å². The van der Waals surface area contributed by atoms with Crippen molar-refractivity contribution in [3.8, 4) is 11.3 Å². The lowest BCUT2D eigenvalue weighted by atomic mass is 9.91. The van der Waals surface area contributed by atoms with E-state index in [0.717, 1.165) is 17.1 Å². The zero-order valence-corrected chi connectivity index (χ0v) is 19.7. The highest BCUT2D eigenvalue weighted by Gasteiger charge is 2.35. The highest BCUT2D eigenvalue weighted by atomic mass is 32.1. The SMILES string of the molecule is C[C@@H](CC(=O)N1CCC(O)(Cn2cnc3c(-c4ccccc4)nsc3c2=O)CC1)n1cccn1. The Labute approximate surface area is 200 Å². The molecule has 0 bridgehead atoms. The molecule has 1 amide bonds. The predicted octanol–water partition coefficient (Wildman–Crippen LogP) is 2.72. The fraction of sp³-hybridized carbons (Fsp3) is 0.375. The van der Waals surface area contributed by atoms with E-state index in [1.165, 1.54) is 10.9 Å². The second-order valence-electron chi connectivity index (χ2n) is 8.90. The molecule has 3 aromatic heterocycles. The summed E-state index contributed by atoms with van der Waals surface area (Å²) in [6.07, 6.45) is 6.20. The van der Waals surface area contributed by atoms with Crippen LogP contribution < -0.4 is 5.56 Å². The smallest absolute Gasteiger partial charge is 0.273 e. The molecule has 34 heavy (non-hydrogen) atoms. The van der Waals surface area contributed by atoms with Crippen LogP contribution in [0, 0.1) is 0 Å². The number of rotatable bonds is 6. The first kappa shape index (κ1) is 22.4. The van der Waals surface area contributed by atoms with Gasteiger partial charge in [-0.3, -0.25) is 18.8 Å². The summed E-state index contributed by atoms with van der Waals surface area (Å²) in [5, 5.41) is 15.4. The minimum Gasteiger partial charge on any atom is -0.388 e. The summed E-state index contributed by atoms with van der Waals surface area (Å²) in [6.45, 7) is 3.00. The molecule has 1 saturated heterocycles. The van der Waals surface area contributed by atoms with Crippen LogP contribution in [0.25, 0.3) is 21.5 Å². The number of carbonyl (C=O) groups excluding carboxylic acids is 1. The van der Waals surface area contributed by atoms with Crippen molar-refractivity contribution in [1.82, 2.24) is 28.6 Å². The molecule has 0 spiro atoms. The van der Waals surface area contributed by atoms with Gasteiger partial charge in [0.2, 0.25) is 5.91 Å². The third kappa shape index (κ3) is 4.38. The molecule has 1 aromatic carbocycles. The minimum atomic E-state index is -1.07. The number of benzene rings is 1. The third-order valence-corrected chi connectivity index (χ3v) is 7.28. The number of carbonyl (C=O) groups is 1. The number of nitrogens with zero attached hydrogens (tertiary/aromatic N) is 6. The molecule has 0 radical (unpaired) electrons. The monoisotopic (exact) mass is 478 g/mol. The first-order chi connectivity index (χ1) is 16.4. The maximum absolute atomic E-state index is 13.1. The Balaban J connectivity index is 1.26.